The first-order chi connectivity index (χ1) is 17.8. The van der Waals surface area contributed by atoms with Crippen LogP contribution in [0.1, 0.15) is 90.4 Å². The molecule has 2 saturated heterocycles. The minimum Gasteiger partial charge on any atom is -0.383 e. The standard InChI is InChI=1S/C29H50F2N2O3S/c1-20-8-3-4-11-27(20)37(34,35)32-16-5-6-17-33-25(18-32)28(26(33)19-36-2)22-14-12-21(13-15-22)23-9-7-10-24(30)29(23)31/h20-29H,3-19H2,1-2H3/t20?,21?,22?,23?,24?,25?,26-,27?,28+,29?/m1/s1. The third-order valence-corrected chi connectivity index (χ3v) is 13.6. The van der Waals surface area contributed by atoms with Crippen molar-refractivity contribution >= 4 is 10.0 Å². The van der Waals surface area contributed by atoms with Crippen molar-refractivity contribution in [3.63, 3.8) is 0 Å². The minimum absolute atomic E-state index is 0.114. The van der Waals surface area contributed by atoms with Crippen LogP contribution in [0.4, 0.5) is 8.78 Å². The molecule has 0 aromatic heterocycles. The van der Waals surface area contributed by atoms with Gasteiger partial charge in [-0.25, -0.2) is 21.5 Å². The normalized spacial score (nSPS) is 44.9. The predicted octanol–water partition coefficient (Wildman–Crippen LogP) is 5.59. The van der Waals surface area contributed by atoms with Gasteiger partial charge in [-0.3, -0.25) is 4.90 Å². The fraction of sp³-hybridized carbons (Fsp3) is 1.00. The van der Waals surface area contributed by atoms with E-state index in [2.05, 4.69) is 11.8 Å². The van der Waals surface area contributed by atoms with Gasteiger partial charge in [-0.2, -0.15) is 0 Å². The Hall–Kier alpha value is -0.310. The third kappa shape index (κ3) is 5.65. The van der Waals surface area contributed by atoms with E-state index < -0.39 is 22.4 Å². The average Bonchev–Trinajstić information content (AvgIpc) is 2.87. The van der Waals surface area contributed by atoms with Crippen LogP contribution in [0.2, 0.25) is 0 Å². The maximum absolute atomic E-state index is 14.7. The van der Waals surface area contributed by atoms with E-state index in [4.69, 9.17) is 4.74 Å². The number of methoxy groups -OCH3 is 1. The van der Waals surface area contributed by atoms with Gasteiger partial charge in [-0.05, 0) is 100 Å². The molecule has 0 spiro atoms. The molecule has 5 nitrogen and oxygen atoms in total. The maximum atomic E-state index is 14.7. The van der Waals surface area contributed by atoms with Crippen molar-refractivity contribution in [2.45, 2.75) is 120 Å². The number of hydrogen-bond acceptors (Lipinski definition) is 4. The van der Waals surface area contributed by atoms with E-state index in [1.165, 1.54) is 0 Å². The van der Waals surface area contributed by atoms with Crippen molar-refractivity contribution in [2.75, 3.05) is 33.4 Å². The van der Waals surface area contributed by atoms with Crippen LogP contribution in [0.3, 0.4) is 0 Å². The summed E-state index contributed by atoms with van der Waals surface area (Å²) in [4.78, 5) is 2.54. The fourth-order valence-corrected chi connectivity index (χ4v) is 11.3. The lowest BCUT2D eigenvalue weighted by Gasteiger charge is -2.60. The maximum Gasteiger partial charge on any atom is 0.217 e. The Morgan fingerprint density at radius 2 is 1.54 bits per heavy atom. The molecule has 3 aliphatic carbocycles. The van der Waals surface area contributed by atoms with E-state index in [1.807, 2.05) is 4.31 Å². The summed E-state index contributed by atoms with van der Waals surface area (Å²) in [6.07, 6.45) is 9.41. The highest BCUT2D eigenvalue weighted by Gasteiger charge is 2.54. The van der Waals surface area contributed by atoms with Crippen molar-refractivity contribution in [3.8, 4) is 0 Å². The van der Waals surface area contributed by atoms with Crippen LogP contribution in [0.25, 0.3) is 0 Å². The summed E-state index contributed by atoms with van der Waals surface area (Å²) < 4.78 is 64.1. The summed E-state index contributed by atoms with van der Waals surface area (Å²) in [5.41, 5.74) is 0. The quantitative estimate of drug-likeness (QED) is 0.438. The molecule has 8 heteroatoms. The molecule has 5 aliphatic rings. The first-order valence-corrected chi connectivity index (χ1v) is 16.8. The molecule has 0 N–H and O–H groups in total. The molecule has 37 heavy (non-hydrogen) atoms. The summed E-state index contributed by atoms with van der Waals surface area (Å²) in [6, 6.07) is 0.584. The molecule has 0 radical (unpaired) electrons. The van der Waals surface area contributed by atoms with Gasteiger partial charge in [0.15, 0.2) is 0 Å². The van der Waals surface area contributed by atoms with Crippen molar-refractivity contribution < 1.29 is 21.9 Å². The zero-order chi connectivity index (χ0) is 26.2. The van der Waals surface area contributed by atoms with Gasteiger partial charge in [0.2, 0.25) is 10.0 Å². The molecule has 2 heterocycles. The Morgan fingerprint density at radius 1 is 0.838 bits per heavy atom. The topological polar surface area (TPSA) is 49.9 Å². The Balaban J connectivity index is 1.28. The van der Waals surface area contributed by atoms with E-state index in [-0.39, 0.29) is 23.1 Å². The average molecular weight is 545 g/mol. The molecule has 5 fully saturated rings. The number of hydrogen-bond donors (Lipinski definition) is 0. The van der Waals surface area contributed by atoms with Crippen molar-refractivity contribution in [2.24, 2.45) is 29.6 Å². The molecule has 3 saturated carbocycles. The zero-order valence-corrected chi connectivity index (χ0v) is 23.9. The largest absolute Gasteiger partial charge is 0.383 e. The number of halogens is 2. The second-order valence-corrected chi connectivity index (χ2v) is 15.2. The van der Waals surface area contributed by atoms with E-state index in [1.54, 1.807) is 7.11 Å². The number of sulfonamides is 1. The van der Waals surface area contributed by atoms with E-state index in [0.29, 0.717) is 49.9 Å². The highest BCUT2D eigenvalue weighted by atomic mass is 32.2. The SMILES string of the molecule is COC[C@@H]1[C@@H](C2CCC(C3CCCC(F)C3F)CC2)C2CN(S(=O)(=O)C3CCCCC3C)CCCCN21. The van der Waals surface area contributed by atoms with Gasteiger partial charge in [0.25, 0.3) is 0 Å². The van der Waals surface area contributed by atoms with Crippen LogP contribution < -0.4 is 0 Å². The summed E-state index contributed by atoms with van der Waals surface area (Å²) in [6.45, 7) is 5.08. The Bertz CT molecular complexity index is 852. The second-order valence-electron chi connectivity index (χ2n) is 13.0. The Labute approximate surface area is 224 Å². The van der Waals surface area contributed by atoms with Crippen LogP contribution in [-0.2, 0) is 14.8 Å². The molecule has 2 aliphatic heterocycles. The van der Waals surface area contributed by atoms with Crippen LogP contribution in [0.15, 0.2) is 0 Å². The van der Waals surface area contributed by atoms with Crippen LogP contribution >= 0.6 is 0 Å². The number of ether oxygens (including phenoxy) is 1. The van der Waals surface area contributed by atoms with Crippen LogP contribution in [0, 0.1) is 29.6 Å². The van der Waals surface area contributed by atoms with E-state index >= 15 is 0 Å². The number of fused-ring (bicyclic) bond motifs is 1. The predicted molar refractivity (Wildman–Crippen MR) is 143 cm³/mol. The lowest BCUT2D eigenvalue weighted by Crippen LogP contribution is -2.71. The van der Waals surface area contributed by atoms with Gasteiger partial charge >= 0.3 is 0 Å². The van der Waals surface area contributed by atoms with Crippen LogP contribution in [-0.4, -0.2) is 80.7 Å². The van der Waals surface area contributed by atoms with Crippen molar-refractivity contribution in [1.82, 2.24) is 9.21 Å². The fourth-order valence-electron chi connectivity index (χ4n) is 9.03. The molecule has 6 unspecified atom stereocenters. The highest BCUT2D eigenvalue weighted by Crippen LogP contribution is 2.49. The van der Waals surface area contributed by atoms with Gasteiger partial charge in [0, 0.05) is 32.3 Å². The molecule has 5 rings (SSSR count). The second kappa shape index (κ2) is 12.1. The lowest BCUT2D eigenvalue weighted by molar-refractivity contribution is -0.129. The van der Waals surface area contributed by atoms with E-state index in [9.17, 15) is 17.2 Å². The lowest BCUT2D eigenvalue weighted by atomic mass is 9.62. The first-order valence-electron chi connectivity index (χ1n) is 15.3. The zero-order valence-electron chi connectivity index (χ0n) is 23.1. The van der Waals surface area contributed by atoms with Crippen LogP contribution in [0.5, 0.6) is 0 Å². The first kappa shape index (κ1) is 28.2. The summed E-state index contributed by atoms with van der Waals surface area (Å²) >= 11 is 0. The number of rotatable bonds is 6. The Morgan fingerprint density at radius 3 is 2.27 bits per heavy atom. The smallest absolute Gasteiger partial charge is 0.217 e. The molecule has 214 valence electrons. The molecule has 8 atom stereocenters. The molecule has 0 aromatic carbocycles. The molecular weight excluding hydrogens is 494 g/mol. The summed E-state index contributed by atoms with van der Waals surface area (Å²) in [5.74, 6) is 1.35. The highest BCUT2D eigenvalue weighted by molar-refractivity contribution is 7.89. The van der Waals surface area contributed by atoms with Gasteiger partial charge in [-0.15, -0.1) is 0 Å². The van der Waals surface area contributed by atoms with Gasteiger partial charge in [0.05, 0.1) is 11.9 Å². The number of nitrogens with zero attached hydrogens (tertiary/aromatic N) is 2. The van der Waals surface area contributed by atoms with E-state index in [0.717, 1.165) is 83.6 Å². The monoisotopic (exact) mass is 544 g/mol. The minimum atomic E-state index is -3.32. The molecular formula is C29H50F2N2O3S. The third-order valence-electron chi connectivity index (χ3n) is 11.1. The summed E-state index contributed by atoms with van der Waals surface area (Å²) in [5, 5.41) is -0.235. The summed E-state index contributed by atoms with van der Waals surface area (Å²) in [7, 11) is -1.55. The van der Waals surface area contributed by atoms with Crippen molar-refractivity contribution in [1.29, 1.82) is 0 Å². The van der Waals surface area contributed by atoms with Gasteiger partial charge < -0.3 is 4.74 Å². The Kier molecular flexibility index (Phi) is 9.20. The number of alkyl halides is 2. The van der Waals surface area contributed by atoms with Gasteiger partial charge in [-0.1, -0.05) is 26.2 Å². The molecule has 0 bridgehead atoms. The molecule has 0 amide bonds. The van der Waals surface area contributed by atoms with Gasteiger partial charge in [0.1, 0.15) is 12.3 Å². The molecule has 0 aromatic rings. The van der Waals surface area contributed by atoms with Crippen molar-refractivity contribution in [3.05, 3.63) is 0 Å².